The van der Waals surface area contributed by atoms with Crippen LogP contribution in [0, 0.1) is 0 Å². The van der Waals surface area contributed by atoms with Gasteiger partial charge in [0.05, 0.1) is 13.2 Å². The maximum Gasteiger partial charge on any atom is 0.134 e. The molecule has 0 saturated heterocycles. The molecule has 2 N–H and O–H groups in total. The van der Waals surface area contributed by atoms with Gasteiger partial charge in [0.25, 0.3) is 0 Å². The summed E-state index contributed by atoms with van der Waals surface area (Å²) in [5.41, 5.74) is 0.699. The minimum atomic E-state index is -0.921. The molecule has 12 heavy (non-hydrogen) atoms. The van der Waals surface area contributed by atoms with Gasteiger partial charge in [-0.25, -0.2) is 0 Å². The van der Waals surface area contributed by atoms with Crippen LogP contribution in [-0.2, 0) is 4.74 Å². The number of aliphatic hydroxyl groups is 2. The summed E-state index contributed by atoms with van der Waals surface area (Å²) in [5.74, 6) is -0.0148. The average molecular weight is 172 g/mol. The third kappa shape index (κ3) is 4.16. The predicted octanol–water partition coefficient (Wildman–Crippen LogP) is 1.40. The van der Waals surface area contributed by atoms with E-state index in [0.717, 1.165) is 0 Å². The van der Waals surface area contributed by atoms with Gasteiger partial charge in [-0.05, 0) is 19.4 Å². The molecule has 0 bridgehead atoms. The Kier molecular flexibility index (Phi) is 5.41. The largest absolute Gasteiger partial charge is 0.510 e. The molecule has 0 aliphatic rings. The second-order valence-electron chi connectivity index (χ2n) is 2.73. The molecule has 0 aliphatic heterocycles. The number of hydrogen-bond donors (Lipinski definition) is 2. The fraction of sp³-hybridized carbons (Fsp3) is 0.556. The van der Waals surface area contributed by atoms with Crippen molar-refractivity contribution < 1.29 is 14.9 Å². The van der Waals surface area contributed by atoms with Gasteiger partial charge in [-0.1, -0.05) is 6.08 Å². The van der Waals surface area contributed by atoms with Gasteiger partial charge < -0.3 is 14.9 Å². The third-order valence-corrected chi connectivity index (χ3v) is 1.34. The monoisotopic (exact) mass is 172 g/mol. The van der Waals surface area contributed by atoms with Crippen molar-refractivity contribution in [3.05, 3.63) is 24.0 Å². The van der Waals surface area contributed by atoms with Crippen molar-refractivity contribution in [1.82, 2.24) is 0 Å². The van der Waals surface area contributed by atoms with Crippen LogP contribution in [0.4, 0.5) is 0 Å². The highest BCUT2D eigenvalue weighted by molar-refractivity contribution is 5.05. The molecule has 0 amide bonds. The molecule has 1 atom stereocenters. The van der Waals surface area contributed by atoms with Crippen LogP contribution >= 0.6 is 0 Å². The zero-order valence-electron chi connectivity index (χ0n) is 7.58. The predicted molar refractivity (Wildman–Crippen MR) is 48.0 cm³/mol. The van der Waals surface area contributed by atoms with E-state index in [1.165, 1.54) is 0 Å². The third-order valence-electron chi connectivity index (χ3n) is 1.34. The van der Waals surface area contributed by atoms with Gasteiger partial charge >= 0.3 is 0 Å². The summed E-state index contributed by atoms with van der Waals surface area (Å²) in [6.07, 6.45) is 0.668. The Morgan fingerprint density at radius 1 is 1.58 bits per heavy atom. The minimum absolute atomic E-state index is 0.0148. The quantitative estimate of drug-likeness (QED) is 0.374. The molecule has 70 valence electrons. The molecule has 3 nitrogen and oxygen atoms in total. The lowest BCUT2D eigenvalue weighted by atomic mass is 10.2. The molecule has 0 aromatic carbocycles. The topological polar surface area (TPSA) is 49.7 Å². The zero-order valence-corrected chi connectivity index (χ0v) is 7.58. The van der Waals surface area contributed by atoms with Gasteiger partial charge in [0.2, 0.25) is 0 Å². The van der Waals surface area contributed by atoms with Crippen LogP contribution in [0.5, 0.6) is 0 Å². The van der Waals surface area contributed by atoms with E-state index in [1.807, 2.05) is 0 Å². The van der Waals surface area contributed by atoms with Gasteiger partial charge in [0, 0.05) is 0 Å². The summed E-state index contributed by atoms with van der Waals surface area (Å²) in [4.78, 5) is 0. The number of hydrogen-bond acceptors (Lipinski definition) is 3. The molecule has 0 heterocycles. The van der Waals surface area contributed by atoms with Crippen molar-refractivity contribution in [3.63, 3.8) is 0 Å². The summed E-state index contributed by atoms with van der Waals surface area (Å²) in [6.45, 7) is 7.40. The van der Waals surface area contributed by atoms with Gasteiger partial charge in [-0.15, -0.1) is 6.58 Å². The molecular formula is C9H16O3. The summed E-state index contributed by atoms with van der Waals surface area (Å²) >= 11 is 0. The van der Waals surface area contributed by atoms with Crippen molar-refractivity contribution in [1.29, 1.82) is 0 Å². The molecule has 0 aliphatic carbocycles. The molecule has 0 radical (unpaired) electrons. The Labute approximate surface area is 73.0 Å². The standard InChI is InChI=1S/C9H16O3/c1-4-5-12-6-8(10)9(11)7(2)3/h4,8,10-11H,1,5-6H2,2-3H3. The van der Waals surface area contributed by atoms with Crippen LogP contribution < -0.4 is 0 Å². The number of aliphatic hydroxyl groups excluding tert-OH is 2. The molecule has 0 rings (SSSR count). The van der Waals surface area contributed by atoms with Crippen LogP contribution in [0.15, 0.2) is 24.0 Å². The normalized spacial score (nSPS) is 12.2. The summed E-state index contributed by atoms with van der Waals surface area (Å²) in [7, 11) is 0. The Morgan fingerprint density at radius 3 is 2.58 bits per heavy atom. The van der Waals surface area contributed by atoms with Gasteiger partial charge in [-0.2, -0.15) is 0 Å². The highest BCUT2D eigenvalue weighted by atomic mass is 16.5. The van der Waals surface area contributed by atoms with Crippen molar-refractivity contribution in [2.24, 2.45) is 0 Å². The van der Waals surface area contributed by atoms with Crippen molar-refractivity contribution in [3.8, 4) is 0 Å². The van der Waals surface area contributed by atoms with Crippen LogP contribution in [0.3, 0.4) is 0 Å². The van der Waals surface area contributed by atoms with Crippen LogP contribution in [-0.4, -0.2) is 29.5 Å². The summed E-state index contributed by atoms with van der Waals surface area (Å²) in [6, 6.07) is 0. The van der Waals surface area contributed by atoms with E-state index < -0.39 is 6.10 Å². The lowest BCUT2D eigenvalue weighted by Gasteiger charge is -2.10. The first-order valence-corrected chi connectivity index (χ1v) is 3.82. The fourth-order valence-electron chi connectivity index (χ4n) is 0.675. The first-order chi connectivity index (χ1) is 5.59. The van der Waals surface area contributed by atoms with Crippen LogP contribution in [0.25, 0.3) is 0 Å². The minimum Gasteiger partial charge on any atom is -0.510 e. The number of ether oxygens (including phenoxy) is 1. The van der Waals surface area contributed by atoms with E-state index >= 15 is 0 Å². The van der Waals surface area contributed by atoms with Gasteiger partial charge in [0.1, 0.15) is 11.9 Å². The SMILES string of the molecule is C=CCOCC(O)C(O)=C(C)C. The number of allylic oxidation sites excluding steroid dienone is 1. The fourth-order valence-corrected chi connectivity index (χ4v) is 0.675. The lowest BCUT2D eigenvalue weighted by molar-refractivity contribution is 0.0452. The Morgan fingerprint density at radius 2 is 2.17 bits per heavy atom. The van der Waals surface area contributed by atoms with E-state index in [1.54, 1.807) is 19.9 Å². The highest BCUT2D eigenvalue weighted by Gasteiger charge is 2.09. The van der Waals surface area contributed by atoms with E-state index in [4.69, 9.17) is 4.74 Å². The smallest absolute Gasteiger partial charge is 0.134 e. The van der Waals surface area contributed by atoms with Crippen molar-refractivity contribution in [2.45, 2.75) is 20.0 Å². The van der Waals surface area contributed by atoms with Crippen LogP contribution in [0.1, 0.15) is 13.8 Å². The Balaban J connectivity index is 3.79. The molecule has 0 aromatic heterocycles. The van der Waals surface area contributed by atoms with Crippen LogP contribution in [0.2, 0.25) is 0 Å². The molecular weight excluding hydrogens is 156 g/mol. The molecule has 0 saturated carbocycles. The first-order valence-electron chi connectivity index (χ1n) is 3.82. The lowest BCUT2D eigenvalue weighted by Crippen LogP contribution is -2.18. The maximum atomic E-state index is 9.25. The molecule has 1 unspecified atom stereocenters. The summed E-state index contributed by atoms with van der Waals surface area (Å²) in [5, 5.41) is 18.5. The molecule has 0 spiro atoms. The van der Waals surface area contributed by atoms with E-state index in [0.29, 0.717) is 12.2 Å². The van der Waals surface area contributed by atoms with E-state index in [-0.39, 0.29) is 12.4 Å². The van der Waals surface area contributed by atoms with Gasteiger partial charge in [-0.3, -0.25) is 0 Å². The first kappa shape index (κ1) is 11.2. The number of rotatable bonds is 5. The average Bonchev–Trinajstić information content (AvgIpc) is 2.03. The Bertz CT molecular complexity index is 169. The Hall–Kier alpha value is -0.800. The maximum absolute atomic E-state index is 9.25. The molecule has 0 fully saturated rings. The second kappa shape index (κ2) is 5.80. The van der Waals surface area contributed by atoms with Crippen molar-refractivity contribution in [2.75, 3.05) is 13.2 Å². The van der Waals surface area contributed by atoms with Crippen molar-refractivity contribution >= 4 is 0 Å². The zero-order chi connectivity index (χ0) is 9.56. The van der Waals surface area contributed by atoms with E-state index in [9.17, 15) is 10.2 Å². The molecule has 3 heteroatoms. The second-order valence-corrected chi connectivity index (χ2v) is 2.73. The highest BCUT2D eigenvalue weighted by Crippen LogP contribution is 2.04. The van der Waals surface area contributed by atoms with Gasteiger partial charge in [0.15, 0.2) is 0 Å². The molecule has 0 aromatic rings. The van der Waals surface area contributed by atoms with E-state index in [2.05, 4.69) is 6.58 Å². The summed E-state index contributed by atoms with van der Waals surface area (Å²) < 4.78 is 4.95.